The predicted octanol–water partition coefficient (Wildman–Crippen LogP) is 2.14. The van der Waals surface area contributed by atoms with E-state index in [9.17, 15) is 0 Å². The fourth-order valence-electron chi connectivity index (χ4n) is 1.60. The van der Waals surface area contributed by atoms with Crippen molar-refractivity contribution < 1.29 is 4.74 Å². The summed E-state index contributed by atoms with van der Waals surface area (Å²) in [5, 5.41) is 3.32. The van der Waals surface area contributed by atoms with Gasteiger partial charge in [0.05, 0.1) is 6.61 Å². The summed E-state index contributed by atoms with van der Waals surface area (Å²) in [6, 6.07) is 8.31. The number of benzene rings is 1. The molecule has 0 saturated heterocycles. The fourth-order valence-corrected chi connectivity index (χ4v) is 1.60. The van der Waals surface area contributed by atoms with Gasteiger partial charge in [-0.2, -0.15) is 0 Å². The maximum atomic E-state index is 5.14. The summed E-state index contributed by atoms with van der Waals surface area (Å²) in [5.41, 5.74) is 3.74. The molecule has 2 nitrogen and oxygen atoms in total. The van der Waals surface area contributed by atoms with Gasteiger partial charge in [0.2, 0.25) is 0 Å². The molecule has 0 saturated carbocycles. The first-order valence-electron chi connectivity index (χ1n) is 4.43. The molecule has 0 spiro atoms. The van der Waals surface area contributed by atoms with Gasteiger partial charge in [-0.25, -0.2) is 0 Å². The highest BCUT2D eigenvalue weighted by Gasteiger charge is 2.09. The molecule has 1 aromatic rings. The molecule has 68 valence electrons. The lowest BCUT2D eigenvalue weighted by molar-refractivity contribution is 0.239. The van der Waals surface area contributed by atoms with E-state index in [1.54, 1.807) is 7.11 Å². The van der Waals surface area contributed by atoms with Gasteiger partial charge in [-0.15, -0.1) is 0 Å². The number of ether oxygens (including phenoxy) is 1. The largest absolute Gasteiger partial charge is 0.381 e. The van der Waals surface area contributed by atoms with Gasteiger partial charge in [-0.05, 0) is 11.6 Å². The summed E-state index contributed by atoms with van der Waals surface area (Å²) < 4.78 is 5.14. The standard InChI is InChI=1S/C11H13NO/c1-13-8-9-6-7-12-11-5-3-2-4-10(9)11/h2-6,12H,7-8H2,1H3. The number of fused-ring (bicyclic) bond motifs is 1. The third-order valence-corrected chi connectivity index (χ3v) is 2.21. The zero-order chi connectivity index (χ0) is 9.10. The summed E-state index contributed by atoms with van der Waals surface area (Å²) in [6.07, 6.45) is 2.17. The van der Waals surface area contributed by atoms with Crippen LogP contribution in [0, 0.1) is 0 Å². The smallest absolute Gasteiger partial charge is 0.0717 e. The highest BCUT2D eigenvalue weighted by molar-refractivity contribution is 5.79. The topological polar surface area (TPSA) is 21.3 Å². The van der Waals surface area contributed by atoms with Crippen LogP contribution in [-0.4, -0.2) is 20.3 Å². The molecule has 1 N–H and O–H groups in total. The summed E-state index contributed by atoms with van der Waals surface area (Å²) in [4.78, 5) is 0. The molecule has 0 atom stereocenters. The second-order valence-electron chi connectivity index (χ2n) is 3.09. The first-order chi connectivity index (χ1) is 6.42. The van der Waals surface area contributed by atoms with Crippen molar-refractivity contribution in [3.63, 3.8) is 0 Å². The Hall–Kier alpha value is -1.28. The van der Waals surface area contributed by atoms with Crippen LogP contribution in [-0.2, 0) is 4.74 Å². The molecular weight excluding hydrogens is 162 g/mol. The van der Waals surface area contributed by atoms with Crippen LogP contribution in [0.3, 0.4) is 0 Å². The number of hydrogen-bond acceptors (Lipinski definition) is 2. The van der Waals surface area contributed by atoms with E-state index >= 15 is 0 Å². The third kappa shape index (κ3) is 1.58. The van der Waals surface area contributed by atoms with Gasteiger partial charge in [0.15, 0.2) is 0 Å². The Morgan fingerprint density at radius 3 is 3.08 bits per heavy atom. The SMILES string of the molecule is COCC1=CCNc2ccccc21. The zero-order valence-electron chi connectivity index (χ0n) is 7.71. The Morgan fingerprint density at radius 2 is 2.23 bits per heavy atom. The Kier molecular flexibility index (Phi) is 2.32. The van der Waals surface area contributed by atoms with Crippen molar-refractivity contribution in [2.45, 2.75) is 0 Å². The van der Waals surface area contributed by atoms with E-state index in [0.717, 1.165) is 6.54 Å². The predicted molar refractivity (Wildman–Crippen MR) is 54.8 cm³/mol. The average Bonchev–Trinajstić information content (AvgIpc) is 2.19. The molecule has 0 unspecified atom stereocenters. The maximum Gasteiger partial charge on any atom is 0.0717 e. The summed E-state index contributed by atoms with van der Waals surface area (Å²) >= 11 is 0. The maximum absolute atomic E-state index is 5.14. The molecular formula is C11H13NO. The molecule has 1 aromatic carbocycles. The van der Waals surface area contributed by atoms with Crippen LogP contribution in [0.2, 0.25) is 0 Å². The van der Waals surface area contributed by atoms with Crippen LogP contribution in [0.1, 0.15) is 5.56 Å². The number of nitrogens with one attached hydrogen (secondary N) is 1. The summed E-state index contributed by atoms with van der Waals surface area (Å²) in [6.45, 7) is 1.59. The first-order valence-corrected chi connectivity index (χ1v) is 4.43. The molecule has 1 heterocycles. The molecule has 0 radical (unpaired) electrons. The van der Waals surface area contributed by atoms with Crippen LogP contribution in [0.5, 0.6) is 0 Å². The molecule has 2 heteroatoms. The summed E-state index contributed by atoms with van der Waals surface area (Å²) in [5.74, 6) is 0. The number of anilines is 1. The molecule has 0 bridgehead atoms. The number of rotatable bonds is 2. The second-order valence-corrected chi connectivity index (χ2v) is 3.09. The van der Waals surface area contributed by atoms with Crippen molar-refractivity contribution in [3.05, 3.63) is 35.9 Å². The van der Waals surface area contributed by atoms with Crippen LogP contribution in [0.25, 0.3) is 5.57 Å². The Morgan fingerprint density at radius 1 is 1.38 bits per heavy atom. The van der Waals surface area contributed by atoms with Gasteiger partial charge in [0, 0.05) is 24.9 Å². The first kappa shape index (κ1) is 8.32. The minimum atomic E-state index is 0.693. The van der Waals surface area contributed by atoms with E-state index in [1.807, 2.05) is 6.07 Å². The molecule has 0 amide bonds. The van der Waals surface area contributed by atoms with Gasteiger partial charge in [0.25, 0.3) is 0 Å². The quantitative estimate of drug-likeness (QED) is 0.743. The van der Waals surface area contributed by atoms with Gasteiger partial charge in [-0.1, -0.05) is 24.3 Å². The molecule has 0 aliphatic carbocycles. The number of hydrogen-bond donors (Lipinski definition) is 1. The van der Waals surface area contributed by atoms with Crippen molar-refractivity contribution in [2.24, 2.45) is 0 Å². The lowest BCUT2D eigenvalue weighted by Crippen LogP contribution is -2.10. The van der Waals surface area contributed by atoms with Crippen LogP contribution < -0.4 is 5.32 Å². The number of para-hydroxylation sites is 1. The monoisotopic (exact) mass is 175 g/mol. The lowest BCUT2D eigenvalue weighted by Gasteiger charge is -2.18. The highest BCUT2D eigenvalue weighted by atomic mass is 16.5. The number of methoxy groups -OCH3 is 1. The van der Waals surface area contributed by atoms with E-state index in [1.165, 1.54) is 16.8 Å². The van der Waals surface area contributed by atoms with Crippen molar-refractivity contribution in [1.82, 2.24) is 0 Å². The lowest BCUT2D eigenvalue weighted by atomic mass is 10.0. The Balaban J connectivity index is 2.36. The van der Waals surface area contributed by atoms with E-state index in [0.29, 0.717) is 6.61 Å². The van der Waals surface area contributed by atoms with Crippen LogP contribution in [0.15, 0.2) is 30.3 Å². The van der Waals surface area contributed by atoms with Gasteiger partial charge in [0.1, 0.15) is 0 Å². The van der Waals surface area contributed by atoms with E-state index in [4.69, 9.17) is 4.74 Å². The van der Waals surface area contributed by atoms with Gasteiger partial charge in [-0.3, -0.25) is 0 Å². The molecule has 1 aliphatic heterocycles. The van der Waals surface area contributed by atoms with Gasteiger partial charge >= 0.3 is 0 Å². The fraction of sp³-hybridized carbons (Fsp3) is 0.273. The average molecular weight is 175 g/mol. The van der Waals surface area contributed by atoms with E-state index < -0.39 is 0 Å². The Bertz CT molecular complexity index is 331. The van der Waals surface area contributed by atoms with E-state index in [2.05, 4.69) is 29.6 Å². The second kappa shape index (κ2) is 3.62. The molecule has 2 rings (SSSR count). The van der Waals surface area contributed by atoms with Crippen LogP contribution in [0.4, 0.5) is 5.69 Å². The molecule has 0 aromatic heterocycles. The minimum absolute atomic E-state index is 0.693. The van der Waals surface area contributed by atoms with Crippen molar-refractivity contribution in [1.29, 1.82) is 0 Å². The summed E-state index contributed by atoms with van der Waals surface area (Å²) in [7, 11) is 1.73. The Labute approximate surface area is 78.2 Å². The van der Waals surface area contributed by atoms with Crippen molar-refractivity contribution >= 4 is 11.3 Å². The van der Waals surface area contributed by atoms with Gasteiger partial charge < -0.3 is 10.1 Å². The molecule has 1 aliphatic rings. The highest BCUT2D eigenvalue weighted by Crippen LogP contribution is 2.26. The van der Waals surface area contributed by atoms with E-state index in [-0.39, 0.29) is 0 Å². The zero-order valence-corrected chi connectivity index (χ0v) is 7.71. The van der Waals surface area contributed by atoms with Crippen molar-refractivity contribution in [2.75, 3.05) is 25.6 Å². The third-order valence-electron chi connectivity index (χ3n) is 2.21. The molecule has 0 fully saturated rings. The minimum Gasteiger partial charge on any atom is -0.381 e. The van der Waals surface area contributed by atoms with Crippen molar-refractivity contribution in [3.8, 4) is 0 Å². The van der Waals surface area contributed by atoms with Crippen LogP contribution >= 0.6 is 0 Å². The molecule has 13 heavy (non-hydrogen) atoms. The normalized spacial score (nSPS) is 14.4.